The highest BCUT2D eigenvalue weighted by molar-refractivity contribution is 7.98. The summed E-state index contributed by atoms with van der Waals surface area (Å²) in [7, 11) is 0. The largest absolute Gasteiger partial charge is 0.325 e. The van der Waals surface area contributed by atoms with Crippen LogP contribution in [0.2, 0.25) is 0 Å². The van der Waals surface area contributed by atoms with Gasteiger partial charge in [-0.1, -0.05) is 36.4 Å². The number of fused-ring (bicyclic) bond motifs is 1. The molecule has 152 valence electrons. The minimum atomic E-state index is -0.311. The molecule has 0 spiro atoms. The van der Waals surface area contributed by atoms with Crippen molar-refractivity contribution in [2.75, 3.05) is 5.32 Å². The third-order valence-electron chi connectivity index (χ3n) is 4.98. The third kappa shape index (κ3) is 4.66. The lowest BCUT2D eigenvalue weighted by molar-refractivity contribution is -0.129. The van der Waals surface area contributed by atoms with Gasteiger partial charge in [-0.3, -0.25) is 9.59 Å². The predicted molar refractivity (Wildman–Crippen MR) is 124 cm³/mol. The maximum absolute atomic E-state index is 13.0. The monoisotopic (exact) mass is 434 g/mol. The average molecular weight is 435 g/mol. The van der Waals surface area contributed by atoms with Gasteiger partial charge in [-0.25, -0.2) is 0 Å². The van der Waals surface area contributed by atoms with E-state index in [1.165, 1.54) is 12.5 Å². The van der Waals surface area contributed by atoms with E-state index in [0.717, 1.165) is 27.5 Å². The summed E-state index contributed by atoms with van der Waals surface area (Å²) in [6.45, 7) is 1.53. The summed E-state index contributed by atoms with van der Waals surface area (Å²) < 4.78 is 0. The molecule has 1 aliphatic heterocycles. The molecule has 6 heteroatoms. The quantitative estimate of drug-likeness (QED) is 0.488. The number of nitrogens with zero attached hydrogens (tertiary/aromatic N) is 1. The molecular formula is C24H22N2O2S2. The molecule has 0 aliphatic carbocycles. The van der Waals surface area contributed by atoms with E-state index in [2.05, 4.69) is 22.1 Å². The second-order valence-electron chi connectivity index (χ2n) is 7.06. The molecule has 0 saturated carbocycles. The Morgan fingerprint density at radius 1 is 1.10 bits per heavy atom. The van der Waals surface area contributed by atoms with Gasteiger partial charge >= 0.3 is 0 Å². The average Bonchev–Trinajstić information content (AvgIpc) is 3.27. The van der Waals surface area contributed by atoms with E-state index in [1.54, 1.807) is 34.2 Å². The first-order valence-corrected chi connectivity index (χ1v) is 11.6. The molecular weight excluding hydrogens is 412 g/mol. The highest BCUT2D eigenvalue weighted by Gasteiger charge is 2.28. The number of hydrogen-bond acceptors (Lipinski definition) is 4. The first-order valence-electron chi connectivity index (χ1n) is 9.70. The number of benzene rings is 2. The highest BCUT2D eigenvalue weighted by Crippen LogP contribution is 2.34. The molecule has 30 heavy (non-hydrogen) atoms. The Morgan fingerprint density at radius 3 is 2.70 bits per heavy atom. The van der Waals surface area contributed by atoms with E-state index in [0.29, 0.717) is 0 Å². The van der Waals surface area contributed by atoms with Crippen LogP contribution >= 0.6 is 23.1 Å². The normalized spacial score (nSPS) is 15.0. The Labute approximate surface area is 184 Å². The molecule has 0 unspecified atom stereocenters. The lowest BCUT2D eigenvalue weighted by Crippen LogP contribution is -2.33. The second kappa shape index (κ2) is 9.32. The van der Waals surface area contributed by atoms with Gasteiger partial charge in [0.15, 0.2) is 0 Å². The van der Waals surface area contributed by atoms with E-state index >= 15 is 0 Å². The second-order valence-corrected chi connectivity index (χ2v) is 8.85. The van der Waals surface area contributed by atoms with Gasteiger partial charge < -0.3 is 10.2 Å². The lowest BCUT2D eigenvalue weighted by atomic mass is 9.93. The number of para-hydroxylation sites is 1. The molecule has 0 fully saturated rings. The molecule has 2 amide bonds. The highest BCUT2D eigenvalue weighted by atomic mass is 32.2. The van der Waals surface area contributed by atoms with Crippen molar-refractivity contribution >= 4 is 46.7 Å². The van der Waals surface area contributed by atoms with Gasteiger partial charge in [-0.2, -0.15) is 11.3 Å². The molecule has 1 atom stereocenters. The first-order chi connectivity index (χ1) is 14.6. The van der Waals surface area contributed by atoms with Crippen molar-refractivity contribution in [2.45, 2.75) is 30.0 Å². The standard InChI is InChI=1S/C24H22N2O2S2/c1-17(27)26-12-10-19-6-2-3-7-20(19)22(26)14-24(28)25-21-8-4-5-9-23(21)30-16-18-11-13-29-15-18/h2-13,15,22H,14,16H2,1H3,(H,25,28)/t22-/m1/s1. The zero-order chi connectivity index (χ0) is 20.9. The molecule has 0 radical (unpaired) electrons. The number of nitrogens with one attached hydrogen (secondary N) is 1. The van der Waals surface area contributed by atoms with Crippen LogP contribution in [0.25, 0.3) is 6.08 Å². The Hall–Kier alpha value is -2.83. The van der Waals surface area contributed by atoms with Crippen molar-refractivity contribution in [3.8, 4) is 0 Å². The summed E-state index contributed by atoms with van der Waals surface area (Å²) in [6, 6.07) is 17.5. The smallest absolute Gasteiger partial charge is 0.226 e. The number of amides is 2. The molecule has 0 saturated heterocycles. The van der Waals surface area contributed by atoms with Crippen molar-refractivity contribution in [3.63, 3.8) is 0 Å². The van der Waals surface area contributed by atoms with Crippen molar-refractivity contribution in [2.24, 2.45) is 0 Å². The van der Waals surface area contributed by atoms with Crippen LogP contribution in [0.15, 0.2) is 76.5 Å². The Bertz CT molecular complexity index is 1080. The summed E-state index contributed by atoms with van der Waals surface area (Å²) >= 11 is 3.39. The van der Waals surface area contributed by atoms with E-state index in [9.17, 15) is 9.59 Å². The van der Waals surface area contributed by atoms with E-state index in [1.807, 2.05) is 54.6 Å². The van der Waals surface area contributed by atoms with E-state index in [-0.39, 0.29) is 24.3 Å². The van der Waals surface area contributed by atoms with Crippen LogP contribution in [0.5, 0.6) is 0 Å². The minimum absolute atomic E-state index is 0.0785. The molecule has 2 heterocycles. The molecule has 1 aromatic heterocycles. The van der Waals surface area contributed by atoms with Crippen molar-refractivity contribution in [3.05, 3.63) is 88.2 Å². The number of carbonyl (C=O) groups excluding carboxylic acids is 2. The molecule has 1 N–H and O–H groups in total. The van der Waals surface area contributed by atoms with Gasteiger partial charge in [0.05, 0.1) is 18.2 Å². The van der Waals surface area contributed by atoms with Crippen LogP contribution in [0.1, 0.15) is 36.1 Å². The Balaban J connectivity index is 1.49. The van der Waals surface area contributed by atoms with Gasteiger partial charge in [0.25, 0.3) is 0 Å². The number of thioether (sulfide) groups is 1. The number of thiophene rings is 1. The maximum Gasteiger partial charge on any atom is 0.226 e. The number of hydrogen-bond donors (Lipinski definition) is 1. The third-order valence-corrected chi connectivity index (χ3v) is 6.86. The van der Waals surface area contributed by atoms with E-state index in [4.69, 9.17) is 0 Å². The fourth-order valence-electron chi connectivity index (χ4n) is 3.52. The van der Waals surface area contributed by atoms with Gasteiger partial charge in [-0.05, 0) is 51.7 Å². The van der Waals surface area contributed by atoms with Crippen molar-refractivity contribution in [1.82, 2.24) is 4.90 Å². The zero-order valence-electron chi connectivity index (χ0n) is 16.6. The molecule has 4 nitrogen and oxygen atoms in total. The van der Waals surface area contributed by atoms with Crippen molar-refractivity contribution < 1.29 is 9.59 Å². The number of carbonyl (C=O) groups is 2. The molecule has 0 bridgehead atoms. The van der Waals surface area contributed by atoms with Crippen LogP contribution < -0.4 is 5.32 Å². The fourth-order valence-corrected chi connectivity index (χ4v) is 5.25. The minimum Gasteiger partial charge on any atom is -0.325 e. The molecule has 3 aromatic rings. The van der Waals surface area contributed by atoms with Crippen LogP contribution in [-0.2, 0) is 15.3 Å². The summed E-state index contributed by atoms with van der Waals surface area (Å²) in [5.74, 6) is 0.667. The summed E-state index contributed by atoms with van der Waals surface area (Å²) in [6.07, 6.45) is 3.89. The number of anilines is 1. The van der Waals surface area contributed by atoms with Gasteiger partial charge in [0, 0.05) is 23.8 Å². The SMILES string of the molecule is CC(=O)N1C=Cc2ccccc2[C@H]1CC(=O)Nc1ccccc1SCc1ccsc1. The summed E-state index contributed by atoms with van der Waals surface area (Å²) in [4.78, 5) is 27.8. The van der Waals surface area contributed by atoms with Gasteiger partial charge in [-0.15, -0.1) is 11.8 Å². The van der Waals surface area contributed by atoms with Crippen molar-refractivity contribution in [1.29, 1.82) is 0 Å². The zero-order valence-corrected chi connectivity index (χ0v) is 18.2. The Morgan fingerprint density at radius 2 is 1.90 bits per heavy atom. The Kier molecular flexibility index (Phi) is 6.35. The van der Waals surface area contributed by atoms with Crippen LogP contribution in [0.3, 0.4) is 0 Å². The topological polar surface area (TPSA) is 49.4 Å². The van der Waals surface area contributed by atoms with Crippen LogP contribution in [0.4, 0.5) is 5.69 Å². The molecule has 4 rings (SSSR count). The summed E-state index contributed by atoms with van der Waals surface area (Å²) in [5.41, 5.74) is 4.11. The van der Waals surface area contributed by atoms with E-state index < -0.39 is 0 Å². The maximum atomic E-state index is 13.0. The van der Waals surface area contributed by atoms with Crippen LogP contribution in [0, 0.1) is 0 Å². The fraction of sp³-hybridized carbons (Fsp3) is 0.167. The van der Waals surface area contributed by atoms with Gasteiger partial charge in [0.2, 0.25) is 11.8 Å². The molecule has 1 aliphatic rings. The van der Waals surface area contributed by atoms with Gasteiger partial charge in [0.1, 0.15) is 0 Å². The molecule has 2 aromatic carbocycles. The number of rotatable bonds is 6. The lowest BCUT2D eigenvalue weighted by Gasteiger charge is -2.32. The van der Waals surface area contributed by atoms with Crippen LogP contribution in [-0.4, -0.2) is 16.7 Å². The summed E-state index contributed by atoms with van der Waals surface area (Å²) in [5, 5.41) is 7.27. The predicted octanol–water partition coefficient (Wildman–Crippen LogP) is 5.94. The first kappa shape index (κ1) is 20.4.